The fourth-order valence-electron chi connectivity index (χ4n) is 2.90. The molecule has 0 bridgehead atoms. The third-order valence-electron chi connectivity index (χ3n) is 4.32. The van der Waals surface area contributed by atoms with Crippen molar-refractivity contribution in [3.8, 4) is 0 Å². The van der Waals surface area contributed by atoms with Crippen molar-refractivity contribution in [2.24, 2.45) is 0 Å². The van der Waals surface area contributed by atoms with E-state index in [0.717, 1.165) is 23.1 Å². The minimum absolute atomic E-state index is 0.0336. The van der Waals surface area contributed by atoms with Crippen LogP contribution in [0, 0.1) is 16.1 Å². The first-order chi connectivity index (χ1) is 15.1. The molecule has 0 atom stereocenters. The van der Waals surface area contributed by atoms with Crippen LogP contribution in [0.25, 0.3) is 11.0 Å². The lowest BCUT2D eigenvalue weighted by Gasteiger charge is -2.08. The molecule has 0 aliphatic rings. The molecule has 0 fully saturated rings. The van der Waals surface area contributed by atoms with Gasteiger partial charge in [-0.2, -0.15) is 17.6 Å². The number of rotatable bonds is 8. The van der Waals surface area contributed by atoms with Gasteiger partial charge in [-0.25, -0.2) is 9.97 Å². The maximum absolute atomic E-state index is 14.5. The lowest BCUT2D eigenvalue weighted by atomic mass is 10.1. The van der Waals surface area contributed by atoms with E-state index in [2.05, 4.69) is 20.3 Å². The van der Waals surface area contributed by atoms with Crippen molar-refractivity contribution in [1.82, 2.24) is 15.0 Å². The van der Waals surface area contributed by atoms with Crippen molar-refractivity contribution in [2.75, 3.05) is 11.9 Å². The first-order valence-electron chi connectivity index (χ1n) is 9.19. The number of anilines is 1. The number of aromatic amines is 1. The number of nitrogens with zero attached hydrogens (tertiary/aromatic N) is 3. The van der Waals surface area contributed by atoms with E-state index in [0.29, 0.717) is 22.4 Å². The second-order valence-electron chi connectivity index (χ2n) is 6.75. The van der Waals surface area contributed by atoms with Crippen LogP contribution in [-0.4, -0.2) is 32.6 Å². The first-order valence-corrected chi connectivity index (χ1v) is 9.57. The number of fused-ring (bicyclic) bond motifs is 1. The highest BCUT2D eigenvalue weighted by molar-refractivity contribution is 6.31. The SMILES string of the molecule is O=[N+]([O-])/C=C(\C=C/CC(F)(F)F)CNc1ccc(Cc2c[nH]c3ncc(Cl)cc23)c(F)n1. The number of H-pyrrole nitrogens is 1. The number of hydrogen-bond acceptors (Lipinski definition) is 5. The zero-order valence-electron chi connectivity index (χ0n) is 16.3. The molecule has 3 rings (SSSR count). The second kappa shape index (κ2) is 9.77. The Morgan fingerprint density at radius 2 is 2.09 bits per heavy atom. The Hall–Kier alpha value is -3.47. The van der Waals surface area contributed by atoms with Crippen LogP contribution in [0.3, 0.4) is 0 Å². The Labute approximate surface area is 184 Å². The summed E-state index contributed by atoms with van der Waals surface area (Å²) in [5, 5.41) is 14.6. The standard InChI is InChI=1S/C20H16ClF4N5O2/c21-15-7-16-14(9-27-19(16)28-10-15)6-13-3-4-17(29-18(13)22)26-8-12(11-30(31)32)2-1-5-20(23,24)25/h1-4,7,9-11H,5-6,8H2,(H,26,29)(H,27,28)/b2-1-,12-11+. The van der Waals surface area contributed by atoms with E-state index in [1.54, 1.807) is 12.3 Å². The molecule has 0 radical (unpaired) electrons. The van der Waals surface area contributed by atoms with E-state index >= 15 is 0 Å². The summed E-state index contributed by atoms with van der Waals surface area (Å²) < 4.78 is 51.3. The molecule has 12 heteroatoms. The molecule has 2 N–H and O–H groups in total. The molecule has 0 aliphatic carbocycles. The predicted molar refractivity (Wildman–Crippen MR) is 111 cm³/mol. The highest BCUT2D eigenvalue weighted by Gasteiger charge is 2.24. The second-order valence-corrected chi connectivity index (χ2v) is 7.19. The van der Waals surface area contributed by atoms with E-state index in [1.807, 2.05) is 0 Å². The first kappa shape index (κ1) is 23.2. The van der Waals surface area contributed by atoms with Gasteiger partial charge in [0.1, 0.15) is 11.5 Å². The molecule has 0 amide bonds. The lowest BCUT2D eigenvalue weighted by Crippen LogP contribution is -2.09. The molecule has 32 heavy (non-hydrogen) atoms. The summed E-state index contributed by atoms with van der Waals surface area (Å²) in [7, 11) is 0. The molecular formula is C20H16ClF4N5O2. The maximum Gasteiger partial charge on any atom is 0.392 e. The lowest BCUT2D eigenvalue weighted by molar-refractivity contribution is -0.403. The van der Waals surface area contributed by atoms with E-state index in [4.69, 9.17) is 11.6 Å². The quantitative estimate of drug-likeness (QED) is 0.151. The van der Waals surface area contributed by atoms with Crippen molar-refractivity contribution in [3.63, 3.8) is 0 Å². The number of nitro groups is 1. The zero-order valence-corrected chi connectivity index (χ0v) is 17.0. The summed E-state index contributed by atoms with van der Waals surface area (Å²) in [4.78, 5) is 20.8. The van der Waals surface area contributed by atoms with Gasteiger partial charge in [-0.15, -0.1) is 0 Å². The third-order valence-corrected chi connectivity index (χ3v) is 4.52. The molecule has 0 aromatic carbocycles. The normalized spacial score (nSPS) is 12.6. The van der Waals surface area contributed by atoms with Gasteiger partial charge in [0.15, 0.2) is 0 Å². The Bertz CT molecular complexity index is 1190. The van der Waals surface area contributed by atoms with E-state index in [1.165, 1.54) is 18.3 Å². The molecule has 168 valence electrons. The van der Waals surface area contributed by atoms with Gasteiger partial charge < -0.3 is 10.3 Å². The van der Waals surface area contributed by atoms with Crippen LogP contribution in [-0.2, 0) is 6.42 Å². The predicted octanol–water partition coefficient (Wildman–Crippen LogP) is 5.42. The molecule has 3 aromatic rings. The zero-order chi connectivity index (χ0) is 23.3. The van der Waals surface area contributed by atoms with Crippen LogP contribution in [0.4, 0.5) is 23.4 Å². The molecule has 0 spiro atoms. The molecule has 3 heterocycles. The van der Waals surface area contributed by atoms with Crippen LogP contribution < -0.4 is 5.32 Å². The summed E-state index contributed by atoms with van der Waals surface area (Å²) in [5.41, 5.74) is 1.64. The summed E-state index contributed by atoms with van der Waals surface area (Å²) in [6.45, 7) is -0.215. The molecule has 7 nitrogen and oxygen atoms in total. The van der Waals surface area contributed by atoms with E-state index < -0.39 is 23.5 Å². The summed E-state index contributed by atoms with van der Waals surface area (Å²) in [6.07, 6.45) is 0.0953. The molecular weight excluding hydrogens is 454 g/mol. The van der Waals surface area contributed by atoms with Crippen LogP contribution in [0.5, 0.6) is 0 Å². The summed E-state index contributed by atoms with van der Waals surface area (Å²) in [6, 6.07) is 4.69. The van der Waals surface area contributed by atoms with Crippen molar-refractivity contribution in [1.29, 1.82) is 0 Å². The molecule has 3 aromatic heterocycles. The van der Waals surface area contributed by atoms with Crippen LogP contribution in [0.2, 0.25) is 5.02 Å². The Kier molecular flexibility index (Phi) is 7.08. The van der Waals surface area contributed by atoms with E-state index in [-0.39, 0.29) is 24.4 Å². The van der Waals surface area contributed by atoms with Gasteiger partial charge in [0.05, 0.1) is 16.4 Å². The Morgan fingerprint density at radius 1 is 1.31 bits per heavy atom. The summed E-state index contributed by atoms with van der Waals surface area (Å²) in [5.74, 6) is -0.680. The topological polar surface area (TPSA) is 96.7 Å². The van der Waals surface area contributed by atoms with Crippen molar-refractivity contribution >= 4 is 28.5 Å². The highest BCUT2D eigenvalue weighted by atomic mass is 35.5. The third kappa shape index (κ3) is 6.51. The van der Waals surface area contributed by atoms with Crippen molar-refractivity contribution in [3.05, 3.63) is 86.7 Å². The maximum atomic E-state index is 14.5. The van der Waals surface area contributed by atoms with Gasteiger partial charge in [-0.05, 0) is 17.7 Å². The number of allylic oxidation sites excluding steroid dienone is 1. The fraction of sp³-hybridized carbons (Fsp3) is 0.200. The average Bonchev–Trinajstić information content (AvgIpc) is 3.08. The van der Waals surface area contributed by atoms with Gasteiger partial charge >= 0.3 is 6.18 Å². The van der Waals surface area contributed by atoms with E-state index in [9.17, 15) is 27.7 Å². The van der Waals surface area contributed by atoms with Gasteiger partial charge in [0.25, 0.3) is 0 Å². The number of hydrogen-bond donors (Lipinski definition) is 2. The number of pyridine rings is 2. The van der Waals surface area contributed by atoms with Gasteiger partial charge in [0, 0.05) is 41.9 Å². The fourth-order valence-corrected chi connectivity index (χ4v) is 3.05. The van der Waals surface area contributed by atoms with Crippen molar-refractivity contribution in [2.45, 2.75) is 19.0 Å². The molecule has 0 aliphatic heterocycles. The molecule has 0 saturated carbocycles. The number of alkyl halides is 3. The average molecular weight is 470 g/mol. The number of nitrogens with one attached hydrogen (secondary N) is 2. The Morgan fingerprint density at radius 3 is 2.78 bits per heavy atom. The summed E-state index contributed by atoms with van der Waals surface area (Å²) >= 11 is 5.97. The minimum Gasteiger partial charge on any atom is -0.366 e. The van der Waals surface area contributed by atoms with Gasteiger partial charge in [0.2, 0.25) is 12.1 Å². The molecule has 0 saturated heterocycles. The minimum atomic E-state index is -4.42. The van der Waals surface area contributed by atoms with Crippen LogP contribution >= 0.6 is 11.6 Å². The monoisotopic (exact) mass is 469 g/mol. The van der Waals surface area contributed by atoms with Crippen molar-refractivity contribution < 1.29 is 22.5 Å². The van der Waals surface area contributed by atoms with Crippen LogP contribution in [0.1, 0.15) is 17.5 Å². The molecule has 0 unspecified atom stereocenters. The van der Waals surface area contributed by atoms with Gasteiger partial charge in [-0.1, -0.05) is 29.8 Å². The van der Waals surface area contributed by atoms with Gasteiger partial charge in [-0.3, -0.25) is 10.1 Å². The highest BCUT2D eigenvalue weighted by Crippen LogP contribution is 2.24. The smallest absolute Gasteiger partial charge is 0.366 e. The van der Waals surface area contributed by atoms with Crippen LogP contribution in [0.15, 0.2) is 54.5 Å². The largest absolute Gasteiger partial charge is 0.392 e. The number of aromatic nitrogens is 3. The number of halogens is 5. The Balaban J connectivity index is 1.70.